The van der Waals surface area contributed by atoms with E-state index in [0.717, 1.165) is 16.5 Å². The molecule has 0 fully saturated rings. The van der Waals surface area contributed by atoms with Gasteiger partial charge in [-0.25, -0.2) is 4.79 Å². The topological polar surface area (TPSA) is 213 Å². The van der Waals surface area contributed by atoms with E-state index in [4.69, 9.17) is 11.5 Å². The molecule has 0 aliphatic carbocycles. The van der Waals surface area contributed by atoms with E-state index in [1.807, 2.05) is 38.1 Å². The van der Waals surface area contributed by atoms with Gasteiger partial charge in [-0.15, -0.1) is 0 Å². The van der Waals surface area contributed by atoms with Gasteiger partial charge in [-0.1, -0.05) is 32.0 Å². The zero-order valence-electron chi connectivity index (χ0n) is 22.8. The molecule has 12 heteroatoms. The van der Waals surface area contributed by atoms with E-state index in [-0.39, 0.29) is 25.2 Å². The summed E-state index contributed by atoms with van der Waals surface area (Å²) in [6.07, 6.45) is 2.23. The normalized spacial score (nSPS) is 15.3. The third-order valence-electron chi connectivity index (χ3n) is 6.42. The maximum atomic E-state index is 13.2. The number of carbonyl (C=O) groups is 4. The van der Waals surface area contributed by atoms with Crippen molar-refractivity contribution in [3.63, 3.8) is 0 Å². The summed E-state index contributed by atoms with van der Waals surface area (Å²) in [6, 6.07) is 3.02. The van der Waals surface area contributed by atoms with Crippen LogP contribution in [-0.4, -0.2) is 75.7 Å². The minimum Gasteiger partial charge on any atom is -0.480 e. The molecule has 2 aromatic rings. The van der Waals surface area contributed by atoms with Crippen LogP contribution in [0.1, 0.15) is 52.0 Å². The number of hydrogen-bond donors (Lipinski definition) is 8. The molecule has 0 aliphatic heterocycles. The first kappa shape index (κ1) is 31.7. The van der Waals surface area contributed by atoms with E-state index in [1.165, 1.54) is 6.92 Å². The number of hydrogen-bond acceptors (Lipinski definition) is 7. The van der Waals surface area contributed by atoms with Gasteiger partial charge in [0.15, 0.2) is 0 Å². The summed E-state index contributed by atoms with van der Waals surface area (Å²) >= 11 is 0. The minimum atomic E-state index is -1.43. The Morgan fingerprint density at radius 1 is 0.949 bits per heavy atom. The average Bonchev–Trinajstić information content (AvgIpc) is 3.28. The fourth-order valence-electron chi connectivity index (χ4n) is 4.28. The highest BCUT2D eigenvalue weighted by Crippen LogP contribution is 2.19. The van der Waals surface area contributed by atoms with E-state index in [9.17, 15) is 29.4 Å². The highest BCUT2D eigenvalue weighted by molar-refractivity contribution is 5.94. The highest BCUT2D eigenvalue weighted by Gasteiger charge is 2.33. The van der Waals surface area contributed by atoms with Gasteiger partial charge in [-0.05, 0) is 63.1 Å². The van der Waals surface area contributed by atoms with Crippen LogP contribution in [0, 0.1) is 5.92 Å². The number of aliphatic carboxylic acids is 1. The van der Waals surface area contributed by atoms with Gasteiger partial charge in [0.05, 0.1) is 12.1 Å². The van der Waals surface area contributed by atoms with Crippen molar-refractivity contribution in [1.82, 2.24) is 20.9 Å². The second kappa shape index (κ2) is 15.2. The Balaban J connectivity index is 2.11. The zero-order chi connectivity index (χ0) is 29.1. The fraction of sp³-hybridized carbons (Fsp3) is 0.556. The van der Waals surface area contributed by atoms with Crippen LogP contribution in [0.2, 0.25) is 0 Å². The van der Waals surface area contributed by atoms with E-state index >= 15 is 0 Å². The minimum absolute atomic E-state index is 0.0124. The van der Waals surface area contributed by atoms with Crippen LogP contribution in [0.5, 0.6) is 0 Å². The fourth-order valence-corrected chi connectivity index (χ4v) is 4.28. The SMILES string of the molecule is CC(C)CC(NC(=O)C(NC(=O)C(CCCCN)NC(=O)C(N)Cc1c[nH]c2ccccc12)C(C)O)C(=O)O. The maximum absolute atomic E-state index is 13.2. The summed E-state index contributed by atoms with van der Waals surface area (Å²) in [5.41, 5.74) is 13.5. The summed E-state index contributed by atoms with van der Waals surface area (Å²) in [6.45, 7) is 5.33. The van der Waals surface area contributed by atoms with Crippen molar-refractivity contribution in [1.29, 1.82) is 0 Å². The number of aliphatic hydroxyl groups is 1. The molecule has 0 saturated heterocycles. The number of aromatic nitrogens is 1. The molecular weight excluding hydrogens is 504 g/mol. The molecule has 2 rings (SSSR count). The lowest BCUT2D eigenvalue weighted by Gasteiger charge is -2.27. The summed E-state index contributed by atoms with van der Waals surface area (Å²) in [4.78, 5) is 53.7. The number of fused-ring (bicyclic) bond motifs is 1. The Morgan fingerprint density at radius 2 is 1.62 bits per heavy atom. The number of H-pyrrole nitrogens is 1. The first-order chi connectivity index (χ1) is 18.4. The van der Waals surface area contributed by atoms with Crippen LogP contribution in [0.25, 0.3) is 10.9 Å². The number of nitrogens with one attached hydrogen (secondary N) is 4. The number of nitrogens with two attached hydrogens (primary N) is 2. The molecule has 0 spiro atoms. The third-order valence-corrected chi connectivity index (χ3v) is 6.42. The van der Waals surface area contributed by atoms with Gasteiger partial charge in [-0.3, -0.25) is 14.4 Å². The van der Waals surface area contributed by atoms with Crippen LogP contribution in [0.15, 0.2) is 30.5 Å². The number of amides is 3. The number of aromatic amines is 1. The Morgan fingerprint density at radius 3 is 2.23 bits per heavy atom. The number of aliphatic hydroxyl groups excluding tert-OH is 1. The highest BCUT2D eigenvalue weighted by atomic mass is 16.4. The zero-order valence-corrected chi connectivity index (χ0v) is 22.8. The van der Waals surface area contributed by atoms with Gasteiger partial charge >= 0.3 is 5.97 Å². The van der Waals surface area contributed by atoms with E-state index < -0.39 is 54.0 Å². The standard InChI is InChI=1S/C27H42N6O6/c1-15(2)12-22(27(38)39)32-26(37)23(16(3)34)33-25(36)21(10-6-7-11-28)31-24(35)19(29)13-17-14-30-20-9-5-4-8-18(17)20/h4-5,8-9,14-16,19,21-23,30,34H,6-7,10-13,28-29H2,1-3H3,(H,31,35)(H,32,37)(H,33,36)(H,38,39). The molecule has 5 unspecified atom stereocenters. The molecule has 10 N–H and O–H groups in total. The van der Waals surface area contributed by atoms with Crippen molar-refractivity contribution < 1.29 is 29.4 Å². The van der Waals surface area contributed by atoms with Gasteiger partial charge in [0.2, 0.25) is 17.7 Å². The van der Waals surface area contributed by atoms with Gasteiger partial charge in [0.25, 0.3) is 0 Å². The van der Waals surface area contributed by atoms with Crippen LogP contribution in [0.3, 0.4) is 0 Å². The molecule has 1 aromatic carbocycles. The van der Waals surface area contributed by atoms with Crippen molar-refractivity contribution in [2.45, 2.75) is 83.1 Å². The third kappa shape index (κ3) is 9.65. The van der Waals surface area contributed by atoms with Gasteiger partial charge in [0, 0.05) is 17.1 Å². The predicted molar refractivity (Wildman–Crippen MR) is 147 cm³/mol. The van der Waals surface area contributed by atoms with Crippen LogP contribution >= 0.6 is 0 Å². The summed E-state index contributed by atoms with van der Waals surface area (Å²) in [7, 11) is 0. The average molecular weight is 547 g/mol. The molecule has 5 atom stereocenters. The van der Waals surface area contributed by atoms with Gasteiger partial charge < -0.3 is 42.6 Å². The molecule has 0 saturated carbocycles. The molecule has 12 nitrogen and oxygen atoms in total. The van der Waals surface area contributed by atoms with Crippen molar-refractivity contribution in [3.8, 4) is 0 Å². The monoisotopic (exact) mass is 546 g/mol. The molecule has 0 radical (unpaired) electrons. The van der Waals surface area contributed by atoms with E-state index in [0.29, 0.717) is 19.4 Å². The number of carboxylic acids is 1. The molecular formula is C27H42N6O6. The lowest BCUT2D eigenvalue weighted by molar-refractivity contribution is -0.143. The lowest BCUT2D eigenvalue weighted by Crippen LogP contribution is -2.60. The smallest absolute Gasteiger partial charge is 0.326 e. The predicted octanol–water partition coefficient (Wildman–Crippen LogP) is 0.133. The number of carboxylic acid groups (broad SMARTS) is 1. The molecule has 1 aromatic heterocycles. The first-order valence-electron chi connectivity index (χ1n) is 13.3. The maximum Gasteiger partial charge on any atom is 0.326 e. The Labute approximate surface area is 228 Å². The van der Waals surface area contributed by atoms with E-state index in [2.05, 4.69) is 20.9 Å². The largest absolute Gasteiger partial charge is 0.480 e. The number of rotatable bonds is 16. The Bertz CT molecular complexity index is 1120. The molecule has 39 heavy (non-hydrogen) atoms. The van der Waals surface area contributed by atoms with Gasteiger partial charge in [-0.2, -0.15) is 0 Å². The molecule has 216 valence electrons. The first-order valence-corrected chi connectivity index (χ1v) is 13.3. The summed E-state index contributed by atoms with van der Waals surface area (Å²) in [5, 5.41) is 28.1. The van der Waals surface area contributed by atoms with Crippen LogP contribution < -0.4 is 27.4 Å². The number of unbranched alkanes of at least 4 members (excludes halogenated alkanes) is 1. The second-order valence-corrected chi connectivity index (χ2v) is 10.3. The van der Waals surface area contributed by atoms with Gasteiger partial charge in [0.1, 0.15) is 18.1 Å². The Kier molecular flexibility index (Phi) is 12.4. The summed E-state index contributed by atoms with van der Waals surface area (Å²) < 4.78 is 0. The molecule has 1 heterocycles. The van der Waals surface area contributed by atoms with Crippen molar-refractivity contribution >= 4 is 34.6 Å². The number of para-hydroxylation sites is 1. The number of carbonyl (C=O) groups excluding carboxylic acids is 3. The van der Waals surface area contributed by atoms with E-state index in [1.54, 1.807) is 6.20 Å². The van der Waals surface area contributed by atoms with Crippen LogP contribution in [-0.2, 0) is 25.6 Å². The number of benzene rings is 1. The second-order valence-electron chi connectivity index (χ2n) is 10.3. The van der Waals surface area contributed by atoms with Crippen molar-refractivity contribution in [2.24, 2.45) is 17.4 Å². The Hall–Kier alpha value is -3.48. The molecule has 0 bridgehead atoms. The summed E-state index contributed by atoms with van der Waals surface area (Å²) in [5.74, 6) is -3.31. The quantitative estimate of drug-likeness (QED) is 0.135. The van der Waals surface area contributed by atoms with Crippen LogP contribution in [0.4, 0.5) is 0 Å². The molecule has 0 aliphatic rings. The van der Waals surface area contributed by atoms with Crippen molar-refractivity contribution in [2.75, 3.05) is 6.54 Å². The van der Waals surface area contributed by atoms with Crippen molar-refractivity contribution in [3.05, 3.63) is 36.0 Å². The molecule has 3 amide bonds. The lowest BCUT2D eigenvalue weighted by atomic mass is 10.0.